The van der Waals surface area contributed by atoms with Gasteiger partial charge in [0, 0.05) is 37.5 Å². The molecule has 0 amide bonds. The van der Waals surface area contributed by atoms with E-state index in [0.717, 1.165) is 230 Å². The Morgan fingerprint density at radius 1 is 0.371 bits per heavy atom. The van der Waals surface area contributed by atoms with Crippen LogP contribution in [-0.4, -0.2) is 121 Å². The molecule has 0 aromatic rings. The fourth-order valence-electron chi connectivity index (χ4n) is 33.8. The van der Waals surface area contributed by atoms with Crippen LogP contribution in [0.4, 0.5) is 43.4 Å². The minimum absolute atomic E-state index is 0.0743. The van der Waals surface area contributed by atoms with Crippen LogP contribution in [-0.2, 0) is 9.53 Å². The van der Waals surface area contributed by atoms with Gasteiger partial charge >= 0.3 is 18.5 Å². The molecule has 0 radical (unpaired) electrons. The highest BCUT2D eigenvalue weighted by Gasteiger charge is 2.68. The van der Waals surface area contributed by atoms with E-state index in [9.17, 15) is 83.9 Å². The number of aliphatic hydroxyl groups excluding tert-OH is 3. The third kappa shape index (κ3) is 18.5. The Morgan fingerprint density at radius 3 is 0.782 bits per heavy atom. The molecule has 1 aliphatic heterocycles. The fourth-order valence-corrected chi connectivity index (χ4v) is 33.8. The molecule has 13 fully saturated rings. The first-order chi connectivity index (χ1) is 57.8. The number of hydrogen-bond donors (Lipinski definition) is 7. The van der Waals surface area contributed by atoms with Crippen LogP contribution in [0.1, 0.15) is 355 Å². The van der Waals surface area contributed by atoms with Crippen LogP contribution in [0.2, 0.25) is 0 Å². The second kappa shape index (κ2) is 37.3. The summed E-state index contributed by atoms with van der Waals surface area (Å²) in [5, 5.41) is 73.4. The van der Waals surface area contributed by atoms with E-state index in [-0.39, 0.29) is 68.3 Å². The van der Waals surface area contributed by atoms with Gasteiger partial charge in [0.1, 0.15) is 6.29 Å². The van der Waals surface area contributed by atoms with E-state index < -0.39 is 77.0 Å². The van der Waals surface area contributed by atoms with Gasteiger partial charge in [0.05, 0.1) is 22.4 Å². The second-order valence-electron chi connectivity index (χ2n) is 47.0. The number of ether oxygens (including phenoxy) is 1. The van der Waals surface area contributed by atoms with E-state index >= 15 is 0 Å². The molecule has 712 valence electrons. The number of halogens is 10. The summed E-state index contributed by atoms with van der Waals surface area (Å²) in [5.41, 5.74) is 4.39. The first kappa shape index (κ1) is 101. The second-order valence-corrected chi connectivity index (χ2v) is 47.3. The van der Waals surface area contributed by atoms with Crippen LogP contribution in [0.5, 0.6) is 0 Å². The lowest BCUT2D eigenvalue weighted by Gasteiger charge is -2.59. The Kier molecular flexibility index (Phi) is 30.4. The lowest BCUT2D eigenvalue weighted by atomic mass is 9.46. The Hall–Kier alpha value is -2.04. The van der Waals surface area contributed by atoms with Crippen molar-refractivity contribution < 1.29 is 88.7 Å². The van der Waals surface area contributed by atoms with Gasteiger partial charge in [-0.15, -0.1) is 0 Å². The number of carbonyl (C=O) groups excluding carboxylic acids is 1. The number of fused-ring (bicyclic) bond motifs is 20. The van der Waals surface area contributed by atoms with E-state index in [1.807, 2.05) is 0 Å². The summed E-state index contributed by atoms with van der Waals surface area (Å²) in [6, 6.07) is 0. The van der Waals surface area contributed by atoms with Crippen molar-refractivity contribution in [2.24, 2.45) is 162 Å². The van der Waals surface area contributed by atoms with E-state index in [0.29, 0.717) is 70.0 Å². The Morgan fingerprint density at radius 2 is 0.589 bits per heavy atom. The maximum atomic E-state index is 13.2. The predicted molar refractivity (Wildman–Crippen MR) is 475 cm³/mol. The third-order valence-electron chi connectivity index (χ3n) is 42.0. The first-order valence-electron chi connectivity index (χ1n) is 49.9. The minimum atomic E-state index is -4.54. The zero-order valence-corrected chi connectivity index (χ0v) is 79.9. The molecule has 0 bridgehead atoms. The lowest BCUT2D eigenvalue weighted by Crippen LogP contribution is -2.53. The molecule has 12 saturated carbocycles. The van der Waals surface area contributed by atoms with Crippen molar-refractivity contribution in [1.82, 2.24) is 0 Å². The number of aldehydes is 1. The molecule has 1 heterocycles. The average molecular weight is 1780 g/mol. The summed E-state index contributed by atoms with van der Waals surface area (Å²) in [4.78, 5) is 11.5. The molecule has 17 rings (SSSR count). The summed E-state index contributed by atoms with van der Waals surface area (Å²) in [6.45, 7) is 36.1. The van der Waals surface area contributed by atoms with Crippen molar-refractivity contribution in [3.05, 3.63) is 46.6 Å². The number of carbonyl (C=O) groups is 1. The molecule has 124 heavy (non-hydrogen) atoms. The predicted octanol–water partition coefficient (Wildman–Crippen LogP) is 26.4. The molecule has 7 N–H and O–H groups in total. The molecular formula is C104H166F10O9S. The number of alkyl halides is 9. The van der Waals surface area contributed by atoms with E-state index in [1.165, 1.54) is 74.2 Å². The summed E-state index contributed by atoms with van der Waals surface area (Å²) in [6.07, 6.45) is 29.4. The lowest BCUT2D eigenvalue weighted by molar-refractivity contribution is -0.227. The van der Waals surface area contributed by atoms with Crippen LogP contribution >= 0.6 is 12.1 Å². The normalized spacial score (nSPS) is 47.0. The highest BCUT2D eigenvalue weighted by Crippen LogP contribution is 2.74. The van der Waals surface area contributed by atoms with Crippen LogP contribution < -0.4 is 0 Å². The van der Waals surface area contributed by atoms with Crippen molar-refractivity contribution >= 4 is 18.4 Å². The van der Waals surface area contributed by atoms with Gasteiger partial charge in [-0.3, -0.25) is 0 Å². The molecule has 0 aromatic heterocycles. The number of hydrogen-bond acceptors (Lipinski definition) is 10. The SMILES string of the molecule is C1CCOC1.CC[C@]1(O)CC[C@@]2(C)C(=CC[C@H]3[C@@H]4CC[C@H]([C@H](C)C(O)C(F)(F)F)[C@@]4(C)CC[C@@H]32)C1.CC[C@]1(O)CC[C@@]2(C)C(=CC[C@H]3[C@@H]4CC[C@H]([C@H](C)C=O)[C@@]4(C)CC[C@@H]32)C1.CC[C@]1(O)CC[C@@]2(C)C(=CC[C@H]3[C@@H]4CC[C@H]([C@H](C)[C@@H](O)C(F)(F)F)[C@@]4(C)CC[C@@H]32)C1.CC[C@]1(O)CC[C@@]2(C)C(=CC[C@H]3[C@@H]4CC[C@H]([C@H](C)[C@H](O)C(F)(F)F)[C@@]4(C)CC[C@@H]32)C1.CSF. The highest BCUT2D eigenvalue weighted by atomic mass is 32.2. The molecule has 1 saturated heterocycles. The molecule has 17 aliphatic rings. The fraction of sp³-hybridized carbons (Fsp3) is 0.913. The van der Waals surface area contributed by atoms with Crippen molar-refractivity contribution in [1.29, 1.82) is 0 Å². The van der Waals surface area contributed by atoms with Gasteiger partial charge in [-0.05, 0) is 400 Å². The largest absolute Gasteiger partial charge is 0.414 e. The van der Waals surface area contributed by atoms with Crippen molar-refractivity contribution in [2.75, 3.05) is 19.5 Å². The molecule has 9 nitrogen and oxygen atoms in total. The number of rotatable bonds is 12. The molecular weight excluding hydrogens is 1620 g/mol. The summed E-state index contributed by atoms with van der Waals surface area (Å²) in [7, 11) is 0. The monoisotopic (exact) mass is 1780 g/mol. The summed E-state index contributed by atoms with van der Waals surface area (Å²) in [5.74, 6) is 5.24. The quantitative estimate of drug-likeness (QED) is 0.0568. The van der Waals surface area contributed by atoms with Crippen LogP contribution in [0.3, 0.4) is 0 Å². The topological polar surface area (TPSA) is 168 Å². The van der Waals surface area contributed by atoms with Gasteiger partial charge < -0.3 is 45.3 Å². The average Bonchev–Trinajstić information content (AvgIpc) is 1.38. The number of aliphatic hydroxyl groups is 7. The van der Waals surface area contributed by atoms with Crippen molar-refractivity contribution in [3.63, 3.8) is 0 Å². The highest BCUT2D eigenvalue weighted by molar-refractivity contribution is 7.93. The zero-order valence-electron chi connectivity index (χ0n) is 79.1. The van der Waals surface area contributed by atoms with Crippen molar-refractivity contribution in [2.45, 2.75) is 414 Å². The van der Waals surface area contributed by atoms with Crippen molar-refractivity contribution in [3.8, 4) is 0 Å². The maximum absolute atomic E-state index is 13.2. The smallest absolute Gasteiger partial charge is 0.390 e. The van der Waals surface area contributed by atoms with Gasteiger partial charge in [0.2, 0.25) is 0 Å². The summed E-state index contributed by atoms with van der Waals surface area (Å²) >= 11 is 0.250. The Bertz CT molecular complexity index is 3480. The summed E-state index contributed by atoms with van der Waals surface area (Å²) < 4.78 is 134. The molecule has 0 spiro atoms. The van der Waals surface area contributed by atoms with Crippen LogP contribution in [0.15, 0.2) is 46.6 Å². The van der Waals surface area contributed by atoms with Gasteiger partial charge in [0.25, 0.3) is 0 Å². The van der Waals surface area contributed by atoms with Crippen LogP contribution in [0, 0.1) is 162 Å². The van der Waals surface area contributed by atoms with Gasteiger partial charge in [0.15, 0.2) is 18.3 Å². The molecule has 0 aromatic carbocycles. The molecule has 20 heteroatoms. The van der Waals surface area contributed by atoms with E-state index in [2.05, 4.69) is 114 Å². The molecule has 35 atom stereocenters. The molecule has 16 aliphatic carbocycles. The first-order valence-corrected chi connectivity index (χ1v) is 51.0. The zero-order chi connectivity index (χ0) is 91.3. The maximum Gasteiger partial charge on any atom is 0.414 e. The standard InChI is InChI=1S/3C25H39F3O2.C24H38O2.C4H8O.CH3FS/c3*1-5-24(30)13-12-22(3)16(14-24)6-7-17-19-9-8-18(15(2)21(29)25(26,27)28)23(19,4)11-10-20(17)22;1-5-24(26)13-12-22(3)17(14-24)6-7-18-20-9-8-19(16(2)15-25)23(20,4)11-10-21(18)22;1-2-4-5-3-1;1-3-2/h3*6,15,17-21,29-30H,5,7-14H2,1-4H3;6,15-16,18-21,26H,5,7-14H2,1-4H3;1-4H2;1H3/t15-,17-,18+,19-,20-,21?,22-,23+,24-;15-,17-,18+,19-,20-,21+,22-,23+,24-;15-,17-,18+,19-,20-,21-,22-,23+,24-;16-,18+,19-,20+,21+,22+,23-,24+;;/m0001../s1. The van der Waals surface area contributed by atoms with Gasteiger partial charge in [-0.1, -0.05) is 157 Å². The van der Waals surface area contributed by atoms with Crippen LogP contribution in [0.25, 0.3) is 0 Å². The third-order valence-corrected chi connectivity index (χ3v) is 42.0. The van der Waals surface area contributed by atoms with E-state index in [4.69, 9.17) is 4.74 Å². The molecule has 1 unspecified atom stereocenters. The minimum Gasteiger partial charge on any atom is -0.390 e. The van der Waals surface area contributed by atoms with Gasteiger partial charge in [-0.25, -0.2) is 0 Å². The van der Waals surface area contributed by atoms with E-state index in [1.54, 1.807) is 26.3 Å². The Balaban J connectivity index is 0.000000146. The number of allylic oxidation sites excluding steroid dienone is 4. The van der Waals surface area contributed by atoms with Gasteiger partial charge in [-0.2, -0.15) is 43.4 Å². The Labute approximate surface area is 744 Å².